The molecule has 1 aliphatic rings. The fraction of sp³-hybridized carbons (Fsp3) is 0.370. The summed E-state index contributed by atoms with van der Waals surface area (Å²) in [6, 6.07) is 21.8. The molecule has 5 heteroatoms. The molecule has 3 unspecified atom stereocenters. The molecular weight excluding hydrogens is 414 g/mol. The molecule has 3 aromatic rings. The second-order valence-corrected chi connectivity index (χ2v) is 9.91. The Morgan fingerprint density at radius 2 is 1.78 bits per heavy atom. The number of carbonyl (C=O) groups is 1. The van der Waals surface area contributed by atoms with Crippen molar-refractivity contribution in [2.45, 2.75) is 63.1 Å². The predicted octanol–water partition coefficient (Wildman–Crippen LogP) is 6.26. The number of hydrogen-bond donors (Lipinski definition) is 2. The quantitative estimate of drug-likeness (QED) is 0.420. The Balaban J connectivity index is 1.47. The normalized spacial score (nSPS) is 19.9. The lowest BCUT2D eigenvalue weighted by Crippen LogP contribution is -2.35. The van der Waals surface area contributed by atoms with Gasteiger partial charge in [-0.25, -0.2) is 0 Å². The summed E-state index contributed by atoms with van der Waals surface area (Å²) in [5.41, 5.74) is 2.52. The SMILES string of the molecule is Cc1ccccc1C(=O)Nc1ccc(SNC(C)CC2CCC(C)N2C)c2ccccc12. The van der Waals surface area contributed by atoms with Crippen molar-refractivity contribution < 1.29 is 4.79 Å². The number of likely N-dealkylation sites (tertiary alicyclic amines) is 1. The minimum Gasteiger partial charge on any atom is -0.321 e. The van der Waals surface area contributed by atoms with Crippen LogP contribution in [0.25, 0.3) is 10.8 Å². The van der Waals surface area contributed by atoms with Crippen LogP contribution in [0.2, 0.25) is 0 Å². The number of aryl methyl sites for hydroxylation is 1. The van der Waals surface area contributed by atoms with Gasteiger partial charge in [0, 0.05) is 39.7 Å². The summed E-state index contributed by atoms with van der Waals surface area (Å²) in [4.78, 5) is 16.6. The molecule has 1 fully saturated rings. The Kier molecular flexibility index (Phi) is 7.19. The second kappa shape index (κ2) is 10.1. The van der Waals surface area contributed by atoms with E-state index < -0.39 is 0 Å². The van der Waals surface area contributed by atoms with Crippen LogP contribution in [-0.4, -0.2) is 36.0 Å². The zero-order valence-corrected chi connectivity index (χ0v) is 20.2. The molecule has 0 radical (unpaired) electrons. The van der Waals surface area contributed by atoms with Crippen molar-refractivity contribution in [2.75, 3.05) is 12.4 Å². The van der Waals surface area contributed by atoms with Crippen LogP contribution in [0.4, 0.5) is 5.69 Å². The highest BCUT2D eigenvalue weighted by molar-refractivity contribution is 7.97. The molecule has 1 aliphatic heterocycles. The lowest BCUT2D eigenvalue weighted by Gasteiger charge is -2.26. The molecule has 0 spiro atoms. The van der Waals surface area contributed by atoms with Crippen LogP contribution < -0.4 is 10.0 Å². The largest absolute Gasteiger partial charge is 0.321 e. The van der Waals surface area contributed by atoms with Gasteiger partial charge < -0.3 is 10.2 Å². The maximum absolute atomic E-state index is 12.9. The van der Waals surface area contributed by atoms with E-state index in [4.69, 9.17) is 0 Å². The molecule has 3 atom stereocenters. The van der Waals surface area contributed by atoms with Crippen LogP contribution in [-0.2, 0) is 0 Å². The molecule has 1 heterocycles. The maximum atomic E-state index is 12.9. The summed E-state index contributed by atoms with van der Waals surface area (Å²) in [6.45, 7) is 6.55. The van der Waals surface area contributed by atoms with Crippen LogP contribution in [0.5, 0.6) is 0 Å². The molecule has 32 heavy (non-hydrogen) atoms. The van der Waals surface area contributed by atoms with Crippen LogP contribution in [0, 0.1) is 6.92 Å². The van der Waals surface area contributed by atoms with E-state index in [1.807, 2.05) is 43.3 Å². The fourth-order valence-corrected chi connectivity index (χ4v) is 5.44. The van der Waals surface area contributed by atoms with Gasteiger partial charge in [0.15, 0.2) is 0 Å². The molecule has 0 aromatic heterocycles. The second-order valence-electron chi connectivity index (χ2n) is 9.03. The Bertz CT molecular complexity index is 1100. The molecule has 1 saturated heterocycles. The molecule has 1 amide bonds. The molecule has 0 bridgehead atoms. The molecule has 168 valence electrons. The highest BCUT2D eigenvalue weighted by atomic mass is 32.2. The Morgan fingerprint density at radius 3 is 2.50 bits per heavy atom. The summed E-state index contributed by atoms with van der Waals surface area (Å²) in [6.07, 6.45) is 3.73. The number of rotatable bonds is 7. The molecule has 4 nitrogen and oxygen atoms in total. The third-order valence-electron chi connectivity index (χ3n) is 6.71. The van der Waals surface area contributed by atoms with Gasteiger partial charge in [-0.3, -0.25) is 9.52 Å². The highest BCUT2D eigenvalue weighted by Crippen LogP contribution is 2.33. The molecule has 2 N–H and O–H groups in total. The Labute approximate surface area is 195 Å². The first-order chi connectivity index (χ1) is 15.4. The van der Waals surface area contributed by atoms with Crippen LogP contribution in [0.3, 0.4) is 0 Å². The molecule has 0 saturated carbocycles. The summed E-state index contributed by atoms with van der Waals surface area (Å²) in [7, 11) is 2.25. The van der Waals surface area contributed by atoms with Gasteiger partial charge in [-0.05, 0) is 88.2 Å². The standard InChI is InChI=1S/C27H33N3OS/c1-18-9-5-6-10-22(18)27(31)28-25-15-16-26(24-12-8-7-11-23(24)25)32-29-19(2)17-21-14-13-20(3)30(21)4/h5-12,15-16,19-21,29H,13-14,17H2,1-4H3,(H,28,31). The van der Waals surface area contributed by atoms with Gasteiger partial charge in [-0.1, -0.05) is 42.5 Å². The van der Waals surface area contributed by atoms with Crippen molar-refractivity contribution in [1.82, 2.24) is 9.62 Å². The third kappa shape index (κ3) is 5.01. The molecule has 4 rings (SSSR count). The van der Waals surface area contributed by atoms with Gasteiger partial charge in [-0.2, -0.15) is 0 Å². The first-order valence-electron chi connectivity index (χ1n) is 11.5. The van der Waals surface area contributed by atoms with E-state index in [0.717, 1.165) is 28.4 Å². The third-order valence-corrected chi connectivity index (χ3v) is 7.80. The number of nitrogens with one attached hydrogen (secondary N) is 2. The number of benzene rings is 3. The first-order valence-corrected chi connectivity index (χ1v) is 12.3. The minimum atomic E-state index is -0.0738. The summed E-state index contributed by atoms with van der Waals surface area (Å²) in [5, 5.41) is 5.32. The van der Waals surface area contributed by atoms with Crippen molar-refractivity contribution >= 4 is 34.3 Å². The first kappa shape index (κ1) is 22.8. The Morgan fingerprint density at radius 1 is 1.06 bits per heavy atom. The zero-order chi connectivity index (χ0) is 22.7. The minimum absolute atomic E-state index is 0.0738. The average molecular weight is 448 g/mol. The van der Waals surface area contributed by atoms with Crippen LogP contribution >= 0.6 is 11.9 Å². The van der Waals surface area contributed by atoms with E-state index in [-0.39, 0.29) is 5.91 Å². The summed E-state index contributed by atoms with van der Waals surface area (Å²) < 4.78 is 3.65. The van der Waals surface area contributed by atoms with Crippen LogP contribution in [0.1, 0.15) is 49.0 Å². The highest BCUT2D eigenvalue weighted by Gasteiger charge is 2.28. The monoisotopic (exact) mass is 447 g/mol. The number of amides is 1. The smallest absolute Gasteiger partial charge is 0.255 e. The summed E-state index contributed by atoms with van der Waals surface area (Å²) >= 11 is 1.69. The van der Waals surface area contributed by atoms with Crippen molar-refractivity contribution in [3.05, 3.63) is 71.8 Å². The van der Waals surface area contributed by atoms with Crippen molar-refractivity contribution in [2.24, 2.45) is 0 Å². The van der Waals surface area contributed by atoms with E-state index >= 15 is 0 Å². The van der Waals surface area contributed by atoms with E-state index in [1.54, 1.807) is 11.9 Å². The lowest BCUT2D eigenvalue weighted by molar-refractivity contribution is 0.102. The van der Waals surface area contributed by atoms with E-state index in [9.17, 15) is 4.79 Å². The van der Waals surface area contributed by atoms with Crippen molar-refractivity contribution in [1.29, 1.82) is 0 Å². The number of hydrogen-bond acceptors (Lipinski definition) is 4. The number of fused-ring (bicyclic) bond motifs is 1. The van der Waals surface area contributed by atoms with Gasteiger partial charge in [0.2, 0.25) is 0 Å². The van der Waals surface area contributed by atoms with Gasteiger partial charge >= 0.3 is 0 Å². The van der Waals surface area contributed by atoms with Gasteiger partial charge in [0.05, 0.1) is 0 Å². The fourth-order valence-electron chi connectivity index (χ4n) is 4.59. The van der Waals surface area contributed by atoms with Crippen molar-refractivity contribution in [3.8, 4) is 0 Å². The Hall–Kier alpha value is -2.34. The van der Waals surface area contributed by atoms with Crippen LogP contribution in [0.15, 0.2) is 65.6 Å². The number of nitrogens with zero attached hydrogens (tertiary/aromatic N) is 1. The molecular formula is C27H33N3OS. The number of carbonyl (C=O) groups excluding carboxylic acids is 1. The summed E-state index contributed by atoms with van der Waals surface area (Å²) in [5.74, 6) is -0.0738. The van der Waals surface area contributed by atoms with E-state index in [1.165, 1.54) is 17.7 Å². The lowest BCUT2D eigenvalue weighted by atomic mass is 10.1. The predicted molar refractivity (Wildman–Crippen MR) is 136 cm³/mol. The van der Waals surface area contributed by atoms with Gasteiger partial charge in [0.1, 0.15) is 0 Å². The number of anilines is 1. The van der Waals surface area contributed by atoms with Crippen molar-refractivity contribution in [3.63, 3.8) is 0 Å². The van der Waals surface area contributed by atoms with E-state index in [2.05, 4.69) is 60.1 Å². The van der Waals surface area contributed by atoms with Gasteiger partial charge in [0.25, 0.3) is 5.91 Å². The average Bonchev–Trinajstić information content (AvgIpc) is 3.11. The maximum Gasteiger partial charge on any atom is 0.255 e. The van der Waals surface area contributed by atoms with E-state index in [0.29, 0.717) is 23.7 Å². The topological polar surface area (TPSA) is 44.4 Å². The molecule has 0 aliphatic carbocycles. The van der Waals surface area contributed by atoms with Gasteiger partial charge in [-0.15, -0.1) is 0 Å². The molecule has 3 aromatic carbocycles. The zero-order valence-electron chi connectivity index (χ0n) is 19.4.